The first-order chi connectivity index (χ1) is 2.77. The molecule has 0 aliphatic rings. The van der Waals surface area contributed by atoms with Crippen molar-refractivity contribution in [3.63, 3.8) is 0 Å². The minimum atomic E-state index is 1.64. The summed E-state index contributed by atoms with van der Waals surface area (Å²) in [5.74, 6) is 0. The van der Waals surface area contributed by atoms with Crippen LogP contribution in [0.5, 0.6) is 0 Å². The second kappa shape index (κ2) is 2.63. The number of hydrogen-bond donors (Lipinski definition) is 0. The van der Waals surface area contributed by atoms with Crippen molar-refractivity contribution in [1.82, 2.24) is 5.01 Å². The maximum absolute atomic E-state index is 3.58. The van der Waals surface area contributed by atoms with Crippen LogP contribution in [0.1, 0.15) is 0 Å². The molecule has 0 rings (SSSR count). The second-order valence-corrected chi connectivity index (χ2v) is 1.14. The molecule has 0 radical (unpaired) electrons. The molecule has 0 fully saturated rings. The van der Waals surface area contributed by atoms with Gasteiger partial charge in [-0.1, -0.05) is 5.22 Å². The molecule has 0 unspecified atom stereocenters. The molecule has 6 heavy (non-hydrogen) atoms. The summed E-state index contributed by atoms with van der Waals surface area (Å²) < 4.78 is 0. The molecule has 0 aromatic rings. The second-order valence-electron chi connectivity index (χ2n) is 1.14. The predicted molar refractivity (Wildman–Crippen MR) is 24.5 cm³/mol. The highest BCUT2D eigenvalue weighted by Gasteiger charge is 1.68. The Balaban J connectivity index is 3.03. The normalized spacial score (nSPS) is 9.83. The molecule has 0 aliphatic heterocycles. The van der Waals surface area contributed by atoms with Gasteiger partial charge in [0.25, 0.3) is 0 Å². The fourth-order valence-electron chi connectivity index (χ4n) is 0.179. The molecular weight excluding hydrogens is 78.1 g/mol. The van der Waals surface area contributed by atoms with Crippen molar-refractivity contribution in [2.45, 2.75) is 0 Å². The Morgan fingerprint density at radius 2 is 1.83 bits per heavy atom. The summed E-state index contributed by atoms with van der Waals surface area (Å²) in [6, 6.07) is 0. The van der Waals surface area contributed by atoms with Gasteiger partial charge in [-0.3, -0.25) is 5.01 Å². The lowest BCUT2D eigenvalue weighted by molar-refractivity contribution is 0.404. The highest BCUT2D eigenvalue weighted by molar-refractivity contribution is 4.13. The van der Waals surface area contributed by atoms with Crippen LogP contribution in [-0.2, 0) is 0 Å². The van der Waals surface area contributed by atoms with Crippen LogP contribution >= 0.6 is 0 Å². The molecule has 0 amide bonds. The van der Waals surface area contributed by atoms with E-state index in [0.29, 0.717) is 0 Å². The van der Waals surface area contributed by atoms with E-state index in [4.69, 9.17) is 0 Å². The SMILES string of the molecule is C/N=N\N(C)C. The zero-order valence-electron chi connectivity index (χ0n) is 4.34. The van der Waals surface area contributed by atoms with Gasteiger partial charge in [0.2, 0.25) is 0 Å². The summed E-state index contributed by atoms with van der Waals surface area (Å²) in [6.45, 7) is 0. The highest BCUT2D eigenvalue weighted by atomic mass is 15.5. The van der Waals surface area contributed by atoms with Crippen molar-refractivity contribution in [2.75, 3.05) is 21.1 Å². The molecule has 3 nitrogen and oxygen atoms in total. The molecule has 0 N–H and O–H groups in total. The highest BCUT2D eigenvalue weighted by Crippen LogP contribution is 1.71. The Labute approximate surface area is 37.6 Å². The van der Waals surface area contributed by atoms with Crippen LogP contribution in [0.2, 0.25) is 0 Å². The lowest BCUT2D eigenvalue weighted by Gasteiger charge is -1.96. The average molecular weight is 87.1 g/mol. The molecule has 3 heteroatoms. The van der Waals surface area contributed by atoms with Gasteiger partial charge in [-0.25, -0.2) is 0 Å². The zero-order valence-corrected chi connectivity index (χ0v) is 4.34. The minimum Gasteiger partial charge on any atom is -0.285 e. The molecule has 0 aromatic carbocycles. The van der Waals surface area contributed by atoms with Crippen molar-refractivity contribution in [2.24, 2.45) is 10.3 Å². The third-order valence-corrected chi connectivity index (χ3v) is 0.268. The molecule has 0 aromatic heterocycles. The third-order valence-electron chi connectivity index (χ3n) is 0.268. The van der Waals surface area contributed by atoms with Gasteiger partial charge in [-0.2, -0.15) is 5.11 Å². The smallest absolute Gasteiger partial charge is 0.0509 e. The lowest BCUT2D eigenvalue weighted by Crippen LogP contribution is -1.98. The van der Waals surface area contributed by atoms with E-state index in [-0.39, 0.29) is 0 Å². The first-order valence-electron chi connectivity index (χ1n) is 1.74. The summed E-state index contributed by atoms with van der Waals surface area (Å²) in [6.07, 6.45) is 0. The summed E-state index contributed by atoms with van der Waals surface area (Å²) in [5.41, 5.74) is 0. The van der Waals surface area contributed by atoms with E-state index in [2.05, 4.69) is 10.3 Å². The Bertz CT molecular complexity index is 48.0. The van der Waals surface area contributed by atoms with Gasteiger partial charge < -0.3 is 0 Å². The van der Waals surface area contributed by atoms with Crippen molar-refractivity contribution in [3.8, 4) is 0 Å². The van der Waals surface area contributed by atoms with E-state index >= 15 is 0 Å². The number of hydrogen-bond acceptors (Lipinski definition) is 2. The maximum Gasteiger partial charge on any atom is 0.0509 e. The van der Waals surface area contributed by atoms with E-state index in [1.54, 1.807) is 12.1 Å². The predicted octanol–water partition coefficient (Wildman–Crippen LogP) is 0.545. The van der Waals surface area contributed by atoms with Crippen molar-refractivity contribution >= 4 is 0 Å². The first-order valence-corrected chi connectivity index (χ1v) is 1.74. The fourth-order valence-corrected chi connectivity index (χ4v) is 0.179. The molecule has 0 spiro atoms. The Morgan fingerprint density at radius 3 is 1.83 bits per heavy atom. The number of rotatable bonds is 1. The van der Waals surface area contributed by atoms with Gasteiger partial charge in [0, 0.05) is 14.1 Å². The third kappa shape index (κ3) is 3.40. The van der Waals surface area contributed by atoms with E-state index in [9.17, 15) is 0 Å². The van der Waals surface area contributed by atoms with Crippen LogP contribution in [0.25, 0.3) is 0 Å². The molecule has 0 saturated carbocycles. The van der Waals surface area contributed by atoms with Crippen molar-refractivity contribution < 1.29 is 0 Å². The van der Waals surface area contributed by atoms with E-state index < -0.39 is 0 Å². The summed E-state index contributed by atoms with van der Waals surface area (Å²) >= 11 is 0. The monoisotopic (exact) mass is 87.1 g/mol. The standard InChI is InChI=1S/C3H9N3/c1-4-5-6(2)3/h1-3H3/b5-4-. The van der Waals surface area contributed by atoms with Crippen LogP contribution < -0.4 is 0 Å². The van der Waals surface area contributed by atoms with Gasteiger partial charge in [-0.05, 0) is 0 Å². The Kier molecular flexibility index (Phi) is 2.36. The maximum atomic E-state index is 3.58. The quantitative estimate of drug-likeness (QED) is 0.339. The molecule has 0 saturated heterocycles. The topological polar surface area (TPSA) is 28.0 Å². The fraction of sp³-hybridized carbons (Fsp3) is 1.00. The summed E-state index contributed by atoms with van der Waals surface area (Å²) in [7, 11) is 5.29. The van der Waals surface area contributed by atoms with Gasteiger partial charge in [-0.15, -0.1) is 0 Å². The minimum absolute atomic E-state index is 1.64. The molecule has 0 heterocycles. The molecule has 0 atom stereocenters. The molecule has 0 aliphatic carbocycles. The number of nitrogens with zero attached hydrogens (tertiary/aromatic N) is 3. The van der Waals surface area contributed by atoms with E-state index in [0.717, 1.165) is 0 Å². The van der Waals surface area contributed by atoms with Gasteiger partial charge in [0.15, 0.2) is 0 Å². The van der Waals surface area contributed by atoms with E-state index in [1.165, 1.54) is 0 Å². The van der Waals surface area contributed by atoms with Crippen LogP contribution in [0.15, 0.2) is 10.3 Å². The van der Waals surface area contributed by atoms with Crippen molar-refractivity contribution in [3.05, 3.63) is 0 Å². The van der Waals surface area contributed by atoms with Gasteiger partial charge in [0.05, 0.1) is 7.05 Å². The molecule has 0 bridgehead atoms. The first kappa shape index (κ1) is 5.40. The van der Waals surface area contributed by atoms with Crippen LogP contribution in [-0.4, -0.2) is 26.2 Å². The van der Waals surface area contributed by atoms with Crippen LogP contribution in [0.3, 0.4) is 0 Å². The molecule has 36 valence electrons. The van der Waals surface area contributed by atoms with Crippen molar-refractivity contribution in [1.29, 1.82) is 0 Å². The summed E-state index contributed by atoms with van der Waals surface area (Å²) in [4.78, 5) is 0. The Morgan fingerprint density at radius 1 is 1.33 bits per heavy atom. The average Bonchev–Trinajstić information content (AvgIpc) is 1.35. The zero-order chi connectivity index (χ0) is 4.99. The van der Waals surface area contributed by atoms with Crippen LogP contribution in [0, 0.1) is 0 Å². The van der Waals surface area contributed by atoms with Gasteiger partial charge >= 0.3 is 0 Å². The molecular formula is C3H9N3. The summed E-state index contributed by atoms with van der Waals surface area (Å²) in [5, 5.41) is 8.71. The lowest BCUT2D eigenvalue weighted by atomic mass is 11.2. The Hall–Kier alpha value is -0.600. The van der Waals surface area contributed by atoms with Gasteiger partial charge in [0.1, 0.15) is 0 Å². The van der Waals surface area contributed by atoms with Crippen LogP contribution in [0.4, 0.5) is 0 Å². The van der Waals surface area contributed by atoms with E-state index in [1.807, 2.05) is 14.1 Å². The largest absolute Gasteiger partial charge is 0.285 e.